The van der Waals surface area contributed by atoms with Gasteiger partial charge in [0.2, 0.25) is 0 Å². The van der Waals surface area contributed by atoms with Crippen molar-refractivity contribution in [2.75, 3.05) is 12.3 Å². The summed E-state index contributed by atoms with van der Waals surface area (Å²) in [6.07, 6.45) is 0.188. The van der Waals surface area contributed by atoms with E-state index in [1.165, 1.54) is 17.0 Å². The van der Waals surface area contributed by atoms with E-state index in [0.29, 0.717) is 12.8 Å². The van der Waals surface area contributed by atoms with E-state index in [0.717, 1.165) is 12.1 Å². The Kier molecular flexibility index (Phi) is 5.88. The molecule has 1 saturated heterocycles. The Morgan fingerprint density at radius 3 is 2.52 bits per heavy atom. The van der Waals surface area contributed by atoms with Crippen LogP contribution >= 0.6 is 0 Å². The van der Waals surface area contributed by atoms with Crippen LogP contribution in [0.15, 0.2) is 29.2 Å². The zero-order valence-corrected chi connectivity index (χ0v) is 16.2. The fraction of sp³-hybridized carbons (Fsp3) is 0.529. The van der Waals surface area contributed by atoms with Crippen molar-refractivity contribution in [3.63, 3.8) is 0 Å². The second-order valence-corrected chi connectivity index (χ2v) is 9.24. The predicted molar refractivity (Wildman–Crippen MR) is 96.1 cm³/mol. The van der Waals surface area contributed by atoms with Crippen LogP contribution in [0.1, 0.15) is 33.6 Å². The molecule has 0 spiro atoms. The first-order valence-electron chi connectivity index (χ1n) is 8.41. The van der Waals surface area contributed by atoms with E-state index in [-0.39, 0.29) is 6.54 Å². The van der Waals surface area contributed by atoms with E-state index < -0.39 is 54.6 Å². The van der Waals surface area contributed by atoms with Crippen molar-refractivity contribution in [2.24, 2.45) is 0 Å². The lowest BCUT2D eigenvalue weighted by Crippen LogP contribution is -2.45. The van der Waals surface area contributed by atoms with E-state index in [9.17, 15) is 28.1 Å². The molecule has 0 radical (unpaired) electrons. The maximum Gasteiger partial charge on any atom is 0.410 e. The highest BCUT2D eigenvalue weighted by molar-refractivity contribution is 7.92. The number of nitro benzene ring substituents is 1. The van der Waals surface area contributed by atoms with Crippen LogP contribution in [0.25, 0.3) is 0 Å². The van der Waals surface area contributed by atoms with Crippen LogP contribution in [0.3, 0.4) is 0 Å². The minimum Gasteiger partial charge on any atom is -0.444 e. The van der Waals surface area contributed by atoms with Gasteiger partial charge in [-0.25, -0.2) is 13.2 Å². The summed E-state index contributed by atoms with van der Waals surface area (Å²) in [7, 11) is -4.23. The number of ether oxygens (including phenoxy) is 1. The molecule has 1 aliphatic rings. The second-order valence-electron chi connectivity index (χ2n) is 7.28. The molecule has 0 saturated carbocycles. The van der Waals surface area contributed by atoms with Gasteiger partial charge in [0.05, 0.1) is 11.0 Å². The monoisotopic (exact) mass is 398 g/mol. The highest BCUT2D eigenvalue weighted by Gasteiger charge is 2.39. The minimum atomic E-state index is -4.23. The van der Waals surface area contributed by atoms with Gasteiger partial charge in [0.25, 0.3) is 5.69 Å². The summed E-state index contributed by atoms with van der Waals surface area (Å²) >= 11 is 0. The van der Waals surface area contributed by atoms with Gasteiger partial charge in [-0.3, -0.25) is 19.8 Å². The number of para-hydroxylation sites is 1. The summed E-state index contributed by atoms with van der Waals surface area (Å²) in [4.78, 5) is 35.8. The van der Waals surface area contributed by atoms with Crippen molar-refractivity contribution in [1.82, 2.24) is 4.90 Å². The fourth-order valence-corrected chi connectivity index (χ4v) is 4.34. The molecular formula is C17H22N2O7S. The summed E-state index contributed by atoms with van der Waals surface area (Å²) in [6, 6.07) is 3.95. The summed E-state index contributed by atoms with van der Waals surface area (Å²) in [5.41, 5.74) is -1.33. The van der Waals surface area contributed by atoms with Crippen molar-refractivity contribution in [2.45, 2.75) is 50.2 Å². The number of benzene rings is 1. The van der Waals surface area contributed by atoms with Crippen LogP contribution in [0.4, 0.5) is 10.5 Å². The average molecular weight is 398 g/mol. The second kappa shape index (κ2) is 7.63. The number of nitro groups is 1. The van der Waals surface area contributed by atoms with Gasteiger partial charge < -0.3 is 4.74 Å². The lowest BCUT2D eigenvalue weighted by molar-refractivity contribution is -0.387. The molecule has 0 aromatic heterocycles. The van der Waals surface area contributed by atoms with Crippen molar-refractivity contribution in [1.29, 1.82) is 0 Å². The molecule has 0 bridgehead atoms. The smallest absolute Gasteiger partial charge is 0.410 e. The maximum atomic E-state index is 12.6. The lowest BCUT2D eigenvalue weighted by Gasteiger charge is -2.27. The van der Waals surface area contributed by atoms with Crippen LogP contribution in [0.5, 0.6) is 0 Å². The molecule has 1 aromatic carbocycles. The third-order valence-corrected chi connectivity index (χ3v) is 5.66. The van der Waals surface area contributed by atoms with Crippen molar-refractivity contribution in [3.8, 4) is 0 Å². The molecule has 1 aliphatic heterocycles. The molecule has 1 heterocycles. The largest absolute Gasteiger partial charge is 0.444 e. The molecule has 0 N–H and O–H groups in total. The Hall–Kier alpha value is -2.49. The highest BCUT2D eigenvalue weighted by atomic mass is 32.2. The molecule has 1 fully saturated rings. The zero-order valence-electron chi connectivity index (χ0n) is 15.4. The number of likely N-dealkylation sites (tertiary alicyclic amines) is 1. The highest BCUT2D eigenvalue weighted by Crippen LogP contribution is 2.26. The summed E-state index contributed by atoms with van der Waals surface area (Å²) < 4.78 is 30.4. The molecule has 9 nitrogen and oxygen atoms in total. The van der Waals surface area contributed by atoms with Crippen LogP contribution in [-0.4, -0.2) is 54.1 Å². The number of carbonyl (C=O) groups is 2. The van der Waals surface area contributed by atoms with Crippen LogP contribution in [0.2, 0.25) is 0 Å². The molecule has 0 aliphatic carbocycles. The molecule has 0 unspecified atom stereocenters. The molecule has 1 atom stereocenters. The van der Waals surface area contributed by atoms with Gasteiger partial charge in [-0.2, -0.15) is 0 Å². The summed E-state index contributed by atoms with van der Waals surface area (Å²) in [6.45, 7) is 5.36. The van der Waals surface area contributed by atoms with Crippen molar-refractivity contribution in [3.05, 3.63) is 34.4 Å². The molecule has 10 heteroatoms. The fourth-order valence-electron chi connectivity index (χ4n) is 2.87. The molecule has 27 heavy (non-hydrogen) atoms. The first kappa shape index (κ1) is 20.8. The first-order chi connectivity index (χ1) is 12.4. The number of carbonyl (C=O) groups excluding carboxylic acids is 2. The van der Waals surface area contributed by atoms with E-state index in [2.05, 4.69) is 0 Å². The topological polar surface area (TPSA) is 124 Å². The standard InChI is InChI=1S/C17H22N2O7S/c1-17(2,3)26-16(21)18-10-6-8-12(18)14(20)11-27(24,25)15-9-5-4-7-13(15)19(22)23/h4-5,7,9,12H,6,8,10-11H2,1-3H3/t12-/m0/s1. The number of rotatable bonds is 5. The predicted octanol–water partition coefficient (Wildman–Crippen LogP) is 2.34. The number of ketones is 1. The number of hydrogen-bond acceptors (Lipinski definition) is 7. The van der Waals surface area contributed by atoms with Gasteiger partial charge in [-0.05, 0) is 39.7 Å². The Morgan fingerprint density at radius 2 is 1.93 bits per heavy atom. The normalized spacial score (nSPS) is 17.6. The minimum absolute atomic E-state index is 0.289. The quantitative estimate of drug-likeness (QED) is 0.551. The molecular weight excluding hydrogens is 376 g/mol. The number of Topliss-reactive ketones (excluding diaryl/α,β-unsaturated/α-hetero) is 1. The molecule has 1 aromatic rings. The Labute approximate surface area is 157 Å². The Morgan fingerprint density at radius 1 is 1.30 bits per heavy atom. The number of nitrogens with zero attached hydrogens (tertiary/aromatic N) is 2. The van der Waals surface area contributed by atoms with Gasteiger partial charge in [0.1, 0.15) is 16.2 Å². The Bertz CT molecular complexity index is 858. The first-order valence-corrected chi connectivity index (χ1v) is 10.1. The SMILES string of the molecule is CC(C)(C)OC(=O)N1CCC[C@H]1C(=O)CS(=O)(=O)c1ccccc1[N+](=O)[O-]. The van der Waals surface area contributed by atoms with E-state index in [1.54, 1.807) is 20.8 Å². The van der Waals surface area contributed by atoms with Crippen molar-refractivity contribution >= 4 is 27.4 Å². The summed E-state index contributed by atoms with van der Waals surface area (Å²) in [5.74, 6) is -1.60. The molecule has 2 rings (SSSR count). The van der Waals surface area contributed by atoms with Gasteiger partial charge in [0, 0.05) is 12.6 Å². The molecule has 148 valence electrons. The summed E-state index contributed by atoms with van der Waals surface area (Å²) in [5, 5.41) is 11.1. The van der Waals surface area contributed by atoms with Crippen LogP contribution < -0.4 is 0 Å². The Balaban J connectivity index is 2.21. The lowest BCUT2D eigenvalue weighted by atomic mass is 10.1. The number of hydrogen-bond donors (Lipinski definition) is 0. The van der Waals surface area contributed by atoms with Gasteiger partial charge >= 0.3 is 6.09 Å². The third kappa shape index (κ3) is 5.03. The average Bonchev–Trinajstić information content (AvgIpc) is 3.02. The van der Waals surface area contributed by atoms with Gasteiger partial charge in [-0.15, -0.1) is 0 Å². The van der Waals surface area contributed by atoms with Crippen LogP contribution in [-0.2, 0) is 19.4 Å². The van der Waals surface area contributed by atoms with Crippen LogP contribution in [0, 0.1) is 10.1 Å². The number of sulfone groups is 1. The van der Waals surface area contributed by atoms with Gasteiger partial charge in [0.15, 0.2) is 15.6 Å². The number of amides is 1. The van der Waals surface area contributed by atoms with E-state index >= 15 is 0 Å². The van der Waals surface area contributed by atoms with E-state index in [4.69, 9.17) is 4.74 Å². The van der Waals surface area contributed by atoms with Gasteiger partial charge in [-0.1, -0.05) is 12.1 Å². The third-order valence-electron chi connectivity index (χ3n) is 3.98. The molecule has 1 amide bonds. The van der Waals surface area contributed by atoms with E-state index in [1.807, 2.05) is 0 Å². The zero-order chi connectivity index (χ0) is 20.4. The van der Waals surface area contributed by atoms with Crippen molar-refractivity contribution < 1.29 is 27.7 Å². The maximum absolute atomic E-state index is 12.6.